The monoisotopic (exact) mass is 230 g/mol. The maximum absolute atomic E-state index is 10.5. The van der Waals surface area contributed by atoms with Crippen LogP contribution >= 0.6 is 11.6 Å². The van der Waals surface area contributed by atoms with E-state index >= 15 is 0 Å². The van der Waals surface area contributed by atoms with Crippen molar-refractivity contribution in [3.8, 4) is 5.75 Å². The second-order valence-corrected chi connectivity index (χ2v) is 3.01. The first-order valence-corrected chi connectivity index (χ1v) is 4.27. The molecule has 0 spiro atoms. The van der Waals surface area contributed by atoms with Crippen molar-refractivity contribution in [2.75, 3.05) is 0 Å². The number of rotatable bonds is 4. The fourth-order valence-corrected chi connectivity index (χ4v) is 1.05. The predicted molar refractivity (Wildman–Crippen MR) is 51.1 cm³/mol. The summed E-state index contributed by atoms with van der Waals surface area (Å²) in [6, 6.07) is 6.03. The second kappa shape index (κ2) is 4.65. The summed E-state index contributed by atoms with van der Waals surface area (Å²) >= 11 is 5.67. The molecule has 0 aromatic heterocycles. The molecule has 1 aromatic rings. The maximum Gasteiger partial charge on any atom is 0.356 e. The highest BCUT2D eigenvalue weighted by Crippen LogP contribution is 2.24. The second-order valence-electron chi connectivity index (χ2n) is 2.60. The van der Waals surface area contributed by atoms with Gasteiger partial charge in [0.15, 0.2) is 0 Å². The van der Waals surface area contributed by atoms with E-state index in [0.717, 1.165) is 0 Å². The average molecular weight is 231 g/mol. The van der Waals surface area contributed by atoms with Gasteiger partial charge in [-0.25, -0.2) is 9.59 Å². The van der Waals surface area contributed by atoms with E-state index in [1.165, 1.54) is 12.1 Å². The lowest BCUT2D eigenvalue weighted by atomic mass is 10.3. The molecule has 0 radical (unpaired) electrons. The van der Waals surface area contributed by atoms with Crippen molar-refractivity contribution in [1.29, 1.82) is 0 Å². The zero-order valence-electron chi connectivity index (χ0n) is 7.38. The number of hydrogen-bond acceptors (Lipinski definition) is 3. The summed E-state index contributed by atoms with van der Waals surface area (Å²) in [7, 11) is 0. The number of ether oxygens (including phenoxy) is 1. The highest BCUT2D eigenvalue weighted by atomic mass is 35.5. The van der Waals surface area contributed by atoms with Crippen molar-refractivity contribution in [1.82, 2.24) is 0 Å². The van der Waals surface area contributed by atoms with Crippen molar-refractivity contribution < 1.29 is 24.5 Å². The Morgan fingerprint density at radius 1 is 1.20 bits per heavy atom. The third kappa shape index (κ3) is 2.85. The van der Waals surface area contributed by atoms with E-state index in [1.807, 2.05) is 0 Å². The molecule has 0 bridgehead atoms. The Bertz CT molecular complexity index is 376. The molecule has 15 heavy (non-hydrogen) atoms. The Hall–Kier alpha value is -1.75. The zero-order valence-corrected chi connectivity index (χ0v) is 8.14. The van der Waals surface area contributed by atoms with Gasteiger partial charge >= 0.3 is 11.9 Å². The van der Waals surface area contributed by atoms with E-state index in [1.54, 1.807) is 12.1 Å². The summed E-state index contributed by atoms with van der Waals surface area (Å²) in [6.45, 7) is 0. The summed E-state index contributed by atoms with van der Waals surface area (Å²) in [5, 5.41) is 17.3. The van der Waals surface area contributed by atoms with Gasteiger partial charge in [-0.3, -0.25) is 0 Å². The largest absolute Gasteiger partial charge is 0.478 e. The number of benzene rings is 1. The van der Waals surface area contributed by atoms with Gasteiger partial charge in [0.05, 0.1) is 5.02 Å². The lowest BCUT2D eigenvalue weighted by Crippen LogP contribution is -2.35. The highest BCUT2D eigenvalue weighted by Gasteiger charge is 2.28. The summed E-state index contributed by atoms with van der Waals surface area (Å²) in [4.78, 5) is 21.0. The van der Waals surface area contributed by atoms with Crippen LogP contribution in [0, 0.1) is 0 Å². The molecule has 2 N–H and O–H groups in total. The normalized spacial score (nSPS) is 10.0. The van der Waals surface area contributed by atoms with Gasteiger partial charge in [-0.2, -0.15) is 0 Å². The van der Waals surface area contributed by atoms with Crippen LogP contribution in [0.1, 0.15) is 0 Å². The molecular formula is C9H7ClO5. The fraction of sp³-hybridized carbons (Fsp3) is 0.111. The first-order chi connectivity index (χ1) is 7.02. The van der Waals surface area contributed by atoms with Crippen LogP contribution in [-0.2, 0) is 9.59 Å². The Balaban J connectivity index is 2.88. The molecule has 0 heterocycles. The van der Waals surface area contributed by atoms with E-state index in [9.17, 15) is 9.59 Å². The van der Waals surface area contributed by atoms with Gasteiger partial charge in [-0.1, -0.05) is 23.7 Å². The van der Waals surface area contributed by atoms with Crippen molar-refractivity contribution in [3.05, 3.63) is 29.3 Å². The van der Waals surface area contributed by atoms with E-state index in [0.29, 0.717) is 0 Å². The van der Waals surface area contributed by atoms with Crippen LogP contribution in [0.15, 0.2) is 24.3 Å². The summed E-state index contributed by atoms with van der Waals surface area (Å²) in [5.41, 5.74) is 0. The molecule has 6 heteroatoms. The smallest absolute Gasteiger partial charge is 0.356 e. The molecular weight excluding hydrogens is 224 g/mol. The minimum absolute atomic E-state index is 0.0222. The van der Waals surface area contributed by atoms with Crippen LogP contribution < -0.4 is 4.74 Å². The zero-order chi connectivity index (χ0) is 11.4. The lowest BCUT2D eigenvalue weighted by Gasteiger charge is -2.11. The fourth-order valence-electron chi connectivity index (χ4n) is 0.874. The van der Waals surface area contributed by atoms with Crippen LogP contribution in [0.3, 0.4) is 0 Å². The Morgan fingerprint density at radius 2 is 1.73 bits per heavy atom. The molecule has 1 aromatic carbocycles. The number of hydrogen-bond donors (Lipinski definition) is 2. The number of carboxylic acid groups (broad SMARTS) is 2. The quantitative estimate of drug-likeness (QED) is 0.761. The van der Waals surface area contributed by atoms with Crippen LogP contribution in [0.4, 0.5) is 0 Å². The average Bonchev–Trinajstić information content (AvgIpc) is 2.15. The van der Waals surface area contributed by atoms with Gasteiger partial charge in [0.25, 0.3) is 6.10 Å². The van der Waals surface area contributed by atoms with Crippen LogP contribution in [0.5, 0.6) is 5.75 Å². The standard InChI is InChI=1S/C9H7ClO5/c10-5-3-1-2-4-6(5)15-7(8(11)12)9(13)14/h1-4,7H,(H,11,12)(H,13,14). The van der Waals surface area contributed by atoms with Crippen molar-refractivity contribution in [2.45, 2.75) is 6.10 Å². The van der Waals surface area contributed by atoms with E-state index in [-0.39, 0.29) is 10.8 Å². The van der Waals surface area contributed by atoms with Gasteiger partial charge in [-0.05, 0) is 12.1 Å². The topological polar surface area (TPSA) is 83.8 Å². The van der Waals surface area contributed by atoms with Gasteiger partial charge in [0.1, 0.15) is 5.75 Å². The molecule has 0 saturated heterocycles. The molecule has 0 fully saturated rings. The first-order valence-electron chi connectivity index (χ1n) is 3.89. The third-order valence-electron chi connectivity index (χ3n) is 1.53. The summed E-state index contributed by atoms with van der Waals surface area (Å²) in [5.74, 6) is -3.14. The number of aliphatic carboxylic acids is 2. The van der Waals surface area contributed by atoms with Crippen LogP contribution in [0.2, 0.25) is 5.02 Å². The van der Waals surface area contributed by atoms with Crippen molar-refractivity contribution >= 4 is 23.5 Å². The van der Waals surface area contributed by atoms with Crippen LogP contribution in [0.25, 0.3) is 0 Å². The van der Waals surface area contributed by atoms with Gasteiger partial charge in [-0.15, -0.1) is 0 Å². The Morgan fingerprint density at radius 3 is 2.20 bits per heavy atom. The molecule has 0 saturated carbocycles. The molecule has 0 aliphatic carbocycles. The Labute approximate surface area is 89.9 Å². The summed E-state index contributed by atoms with van der Waals surface area (Å²) in [6.07, 6.45) is -1.95. The Kier molecular flexibility index (Phi) is 3.51. The van der Waals surface area contributed by atoms with E-state index in [4.69, 9.17) is 26.6 Å². The number of para-hydroxylation sites is 1. The molecule has 0 amide bonds. The number of halogens is 1. The molecule has 0 aliphatic rings. The molecule has 5 nitrogen and oxygen atoms in total. The minimum Gasteiger partial charge on any atom is -0.478 e. The van der Waals surface area contributed by atoms with Crippen LogP contribution in [-0.4, -0.2) is 28.3 Å². The summed E-state index contributed by atoms with van der Waals surface area (Å²) < 4.78 is 4.74. The van der Waals surface area contributed by atoms with Gasteiger partial charge < -0.3 is 14.9 Å². The van der Waals surface area contributed by atoms with Crippen molar-refractivity contribution in [2.24, 2.45) is 0 Å². The minimum atomic E-state index is -1.95. The molecule has 80 valence electrons. The highest BCUT2D eigenvalue weighted by molar-refractivity contribution is 6.32. The molecule has 0 aliphatic heterocycles. The van der Waals surface area contributed by atoms with E-state index < -0.39 is 18.0 Å². The number of carbonyl (C=O) groups is 2. The maximum atomic E-state index is 10.5. The molecule has 0 atom stereocenters. The SMILES string of the molecule is O=C(O)C(Oc1ccccc1Cl)C(=O)O. The van der Waals surface area contributed by atoms with Crippen molar-refractivity contribution in [3.63, 3.8) is 0 Å². The molecule has 0 unspecified atom stereocenters. The molecule has 1 rings (SSSR count). The number of carboxylic acids is 2. The lowest BCUT2D eigenvalue weighted by molar-refractivity contribution is -0.158. The predicted octanol–water partition coefficient (Wildman–Crippen LogP) is 1.26. The van der Waals surface area contributed by atoms with Gasteiger partial charge in [0.2, 0.25) is 0 Å². The first kappa shape index (κ1) is 11.3. The van der Waals surface area contributed by atoms with Gasteiger partial charge in [0, 0.05) is 0 Å². The third-order valence-corrected chi connectivity index (χ3v) is 1.84. The van der Waals surface area contributed by atoms with E-state index in [2.05, 4.69) is 0 Å².